The number of sulfonamides is 1. The van der Waals surface area contributed by atoms with Crippen LogP contribution in [0.1, 0.15) is 39.5 Å². The molecule has 1 amide bonds. The minimum atomic E-state index is -3.63. The number of carbonyl (C=O) groups excluding carboxylic acids is 1. The number of hydrogen-bond donors (Lipinski definition) is 0. The molecule has 1 aliphatic heterocycles. The van der Waals surface area contributed by atoms with Gasteiger partial charge in [0, 0.05) is 31.6 Å². The van der Waals surface area contributed by atoms with Crippen LogP contribution in [-0.4, -0.2) is 49.2 Å². The van der Waals surface area contributed by atoms with E-state index in [9.17, 15) is 17.6 Å². The predicted molar refractivity (Wildman–Crippen MR) is 97.5 cm³/mol. The normalized spacial score (nSPS) is 19.7. The summed E-state index contributed by atoms with van der Waals surface area (Å²) in [6.07, 6.45) is 3.24. The molecule has 1 aromatic rings. The highest BCUT2D eigenvalue weighted by Crippen LogP contribution is 2.32. The van der Waals surface area contributed by atoms with Gasteiger partial charge in [0.25, 0.3) is 0 Å². The highest BCUT2D eigenvalue weighted by Gasteiger charge is 2.38. The summed E-state index contributed by atoms with van der Waals surface area (Å²) in [7, 11) is -3.63. The molecule has 2 fully saturated rings. The molecule has 0 atom stereocenters. The molecule has 0 N–H and O–H groups in total. The summed E-state index contributed by atoms with van der Waals surface area (Å²) in [4.78, 5) is 15.0. The minimum absolute atomic E-state index is 0.100. The van der Waals surface area contributed by atoms with E-state index >= 15 is 0 Å². The smallest absolute Gasteiger partial charge is 0.243 e. The summed E-state index contributed by atoms with van der Waals surface area (Å²) in [6, 6.07) is 5.27. The van der Waals surface area contributed by atoms with Gasteiger partial charge in [0.1, 0.15) is 5.82 Å². The summed E-state index contributed by atoms with van der Waals surface area (Å²) in [6.45, 7) is 5.66. The Morgan fingerprint density at radius 2 is 1.73 bits per heavy atom. The van der Waals surface area contributed by atoms with Crippen molar-refractivity contribution in [3.05, 3.63) is 30.1 Å². The Bertz CT molecular complexity index is 737. The second-order valence-electron chi connectivity index (χ2n) is 7.75. The fraction of sp³-hybridized carbons (Fsp3) is 0.632. The highest BCUT2D eigenvalue weighted by atomic mass is 32.2. The van der Waals surface area contributed by atoms with Crippen molar-refractivity contribution in [1.82, 2.24) is 9.21 Å². The van der Waals surface area contributed by atoms with E-state index in [1.165, 1.54) is 16.4 Å². The zero-order valence-electron chi connectivity index (χ0n) is 15.4. The van der Waals surface area contributed by atoms with Crippen LogP contribution in [-0.2, 0) is 14.8 Å². The number of piperidine rings is 1. The van der Waals surface area contributed by atoms with Gasteiger partial charge in [-0.15, -0.1) is 0 Å². The first-order chi connectivity index (χ1) is 12.3. The first kappa shape index (κ1) is 19.3. The van der Waals surface area contributed by atoms with Crippen molar-refractivity contribution in [2.24, 2.45) is 11.8 Å². The van der Waals surface area contributed by atoms with Crippen molar-refractivity contribution < 1.29 is 17.6 Å². The van der Waals surface area contributed by atoms with Crippen molar-refractivity contribution in [1.29, 1.82) is 0 Å². The number of rotatable bonds is 6. The van der Waals surface area contributed by atoms with Crippen LogP contribution in [0.5, 0.6) is 0 Å². The van der Waals surface area contributed by atoms with E-state index in [0.29, 0.717) is 37.9 Å². The Morgan fingerprint density at radius 1 is 1.15 bits per heavy atom. The molecule has 3 rings (SSSR count). The molecule has 0 spiro atoms. The van der Waals surface area contributed by atoms with Crippen LogP contribution in [0.25, 0.3) is 0 Å². The van der Waals surface area contributed by atoms with Gasteiger partial charge in [0.2, 0.25) is 15.9 Å². The highest BCUT2D eigenvalue weighted by molar-refractivity contribution is 7.89. The molecule has 7 heteroatoms. The molecule has 0 aromatic heterocycles. The van der Waals surface area contributed by atoms with Gasteiger partial charge in [-0.05, 0) is 55.9 Å². The molecule has 26 heavy (non-hydrogen) atoms. The molecule has 0 bridgehead atoms. The fourth-order valence-electron chi connectivity index (χ4n) is 3.53. The van der Waals surface area contributed by atoms with Gasteiger partial charge in [-0.3, -0.25) is 4.79 Å². The van der Waals surface area contributed by atoms with Crippen LogP contribution >= 0.6 is 0 Å². The van der Waals surface area contributed by atoms with Gasteiger partial charge in [-0.1, -0.05) is 13.8 Å². The number of amides is 1. The molecule has 144 valence electrons. The van der Waals surface area contributed by atoms with Gasteiger partial charge in [0.15, 0.2) is 0 Å². The number of carbonyl (C=O) groups is 1. The van der Waals surface area contributed by atoms with Crippen LogP contribution in [0.4, 0.5) is 4.39 Å². The van der Waals surface area contributed by atoms with Crippen LogP contribution in [0.15, 0.2) is 29.2 Å². The lowest BCUT2D eigenvalue weighted by atomic mass is 9.96. The maximum Gasteiger partial charge on any atom is 0.243 e. The van der Waals surface area contributed by atoms with E-state index in [2.05, 4.69) is 13.8 Å². The van der Waals surface area contributed by atoms with Crippen LogP contribution in [0, 0.1) is 17.7 Å². The minimum Gasteiger partial charge on any atom is -0.339 e. The summed E-state index contributed by atoms with van der Waals surface area (Å²) in [5.41, 5.74) is 0. The van der Waals surface area contributed by atoms with Crippen molar-refractivity contribution in [3.8, 4) is 0 Å². The maximum absolute atomic E-state index is 13.0. The van der Waals surface area contributed by atoms with Crippen LogP contribution < -0.4 is 0 Å². The predicted octanol–water partition coefficient (Wildman–Crippen LogP) is 2.87. The average molecular weight is 383 g/mol. The summed E-state index contributed by atoms with van der Waals surface area (Å²) in [5, 5.41) is 0. The van der Waals surface area contributed by atoms with Crippen molar-refractivity contribution in [3.63, 3.8) is 0 Å². The third-order valence-electron chi connectivity index (χ3n) is 5.09. The first-order valence-corrected chi connectivity index (χ1v) is 10.8. The molecule has 5 nitrogen and oxygen atoms in total. The Balaban J connectivity index is 1.63. The monoisotopic (exact) mass is 382 g/mol. The Labute approximate surface area is 155 Å². The SMILES string of the molecule is CC(C)CN(C(=O)C1CCN(S(=O)(=O)c2ccc(F)cc2)CC1)C1CC1. The lowest BCUT2D eigenvalue weighted by Gasteiger charge is -2.34. The lowest BCUT2D eigenvalue weighted by molar-refractivity contribution is -0.137. The molecule has 1 saturated carbocycles. The first-order valence-electron chi connectivity index (χ1n) is 9.35. The number of benzene rings is 1. The largest absolute Gasteiger partial charge is 0.339 e. The molecule has 0 radical (unpaired) electrons. The lowest BCUT2D eigenvalue weighted by Crippen LogP contribution is -2.46. The molecular weight excluding hydrogens is 355 g/mol. The number of hydrogen-bond acceptors (Lipinski definition) is 3. The van der Waals surface area contributed by atoms with Gasteiger partial charge in [-0.2, -0.15) is 4.31 Å². The third kappa shape index (κ3) is 4.26. The summed E-state index contributed by atoms with van der Waals surface area (Å²) < 4.78 is 39.8. The van der Waals surface area contributed by atoms with Gasteiger partial charge >= 0.3 is 0 Å². The van der Waals surface area contributed by atoms with Gasteiger partial charge in [-0.25, -0.2) is 12.8 Å². The van der Waals surface area contributed by atoms with Crippen molar-refractivity contribution in [2.75, 3.05) is 19.6 Å². The standard InChI is InChI=1S/C19H27FN2O3S/c1-14(2)13-22(17-5-6-17)19(23)15-9-11-21(12-10-15)26(24,25)18-7-3-16(20)4-8-18/h3-4,7-8,14-15,17H,5-6,9-13H2,1-2H3. The third-order valence-corrected chi connectivity index (χ3v) is 7.00. The topological polar surface area (TPSA) is 57.7 Å². The van der Waals surface area contributed by atoms with E-state index in [0.717, 1.165) is 31.5 Å². The average Bonchev–Trinajstić information content (AvgIpc) is 3.44. The molecule has 1 saturated heterocycles. The van der Waals surface area contributed by atoms with Gasteiger partial charge in [0.05, 0.1) is 4.90 Å². The van der Waals surface area contributed by atoms with Crippen molar-refractivity contribution >= 4 is 15.9 Å². The Morgan fingerprint density at radius 3 is 2.23 bits per heavy atom. The Hall–Kier alpha value is -1.47. The fourth-order valence-corrected chi connectivity index (χ4v) is 5.00. The van der Waals surface area contributed by atoms with E-state index < -0.39 is 15.8 Å². The second-order valence-corrected chi connectivity index (χ2v) is 9.69. The van der Waals surface area contributed by atoms with E-state index in [1.807, 2.05) is 4.90 Å². The molecule has 2 aliphatic rings. The molecular formula is C19H27FN2O3S. The molecule has 0 unspecified atom stereocenters. The van der Waals surface area contributed by atoms with Crippen LogP contribution in [0.2, 0.25) is 0 Å². The maximum atomic E-state index is 13.0. The molecule has 1 aliphatic carbocycles. The second kappa shape index (κ2) is 7.64. The number of halogens is 1. The van der Waals surface area contributed by atoms with Gasteiger partial charge < -0.3 is 4.90 Å². The molecule has 1 heterocycles. The van der Waals surface area contributed by atoms with E-state index in [4.69, 9.17) is 0 Å². The van der Waals surface area contributed by atoms with Crippen LogP contribution in [0.3, 0.4) is 0 Å². The zero-order valence-corrected chi connectivity index (χ0v) is 16.2. The van der Waals surface area contributed by atoms with Crippen molar-refractivity contribution in [2.45, 2.75) is 50.5 Å². The Kier molecular flexibility index (Phi) is 5.67. The summed E-state index contributed by atoms with van der Waals surface area (Å²) in [5.74, 6) is 0.0473. The summed E-state index contributed by atoms with van der Waals surface area (Å²) >= 11 is 0. The molecule has 1 aromatic carbocycles. The number of nitrogens with zero attached hydrogens (tertiary/aromatic N) is 2. The zero-order chi connectivity index (χ0) is 18.9. The quantitative estimate of drug-likeness (QED) is 0.760. The van der Waals surface area contributed by atoms with E-state index in [1.54, 1.807) is 0 Å². The van der Waals surface area contributed by atoms with E-state index in [-0.39, 0.29) is 16.7 Å².